The highest BCUT2D eigenvalue weighted by Crippen LogP contribution is 2.39. The quantitative estimate of drug-likeness (QED) is 0.562. The van der Waals surface area contributed by atoms with Crippen LogP contribution in [0.4, 0.5) is 11.4 Å². The summed E-state index contributed by atoms with van der Waals surface area (Å²) in [5.74, 6) is 0. The van der Waals surface area contributed by atoms with E-state index >= 15 is 0 Å². The normalized spacial score (nSPS) is 22.3. The van der Waals surface area contributed by atoms with E-state index in [9.17, 15) is 9.32 Å². The van der Waals surface area contributed by atoms with Crippen LogP contribution in [0.3, 0.4) is 0 Å². The number of anilines is 2. The molecule has 5 N–H and O–H groups in total. The molecule has 160 valence electrons. The van der Waals surface area contributed by atoms with Crippen LogP contribution in [0.2, 0.25) is 0 Å². The van der Waals surface area contributed by atoms with Gasteiger partial charge < -0.3 is 15.4 Å². The van der Waals surface area contributed by atoms with E-state index in [1.54, 1.807) is 6.07 Å². The number of hydrazine groups is 1. The maximum absolute atomic E-state index is 13.2. The first-order chi connectivity index (χ1) is 14.3. The molecule has 1 heterocycles. The Bertz CT molecular complexity index is 1110. The zero-order chi connectivity index (χ0) is 21.0. The molecule has 5 rings (SSSR count). The van der Waals surface area contributed by atoms with Crippen LogP contribution in [0.5, 0.6) is 0 Å². The molecule has 2 aromatic rings. The van der Waals surface area contributed by atoms with Gasteiger partial charge >= 0.3 is 0 Å². The first-order valence-electron chi connectivity index (χ1n) is 10.6. The Morgan fingerprint density at radius 3 is 2.53 bits per heavy atom. The summed E-state index contributed by atoms with van der Waals surface area (Å²) in [5, 5.41) is 21.9. The minimum absolute atomic E-state index is 0.0951. The third kappa shape index (κ3) is 3.28. The molecule has 0 fully saturated rings. The van der Waals surface area contributed by atoms with Crippen molar-refractivity contribution < 1.29 is 9.32 Å². The van der Waals surface area contributed by atoms with Crippen molar-refractivity contribution in [2.45, 2.75) is 62.7 Å². The molecular weight excluding hydrogens is 398 g/mol. The molecule has 2 aliphatic carbocycles. The van der Waals surface area contributed by atoms with Gasteiger partial charge in [-0.1, -0.05) is 6.07 Å². The number of benzene rings is 2. The van der Waals surface area contributed by atoms with Gasteiger partial charge in [0.15, 0.2) is 0 Å². The molecule has 3 unspecified atom stereocenters. The number of hydrogen-bond acceptors (Lipinski definition) is 6. The highest BCUT2D eigenvalue weighted by molar-refractivity contribution is 7.91. The van der Waals surface area contributed by atoms with Gasteiger partial charge in [0.25, 0.3) is 0 Å². The summed E-state index contributed by atoms with van der Waals surface area (Å²) in [5.41, 5.74) is 11.6. The molecule has 0 spiro atoms. The number of nitrogens with one attached hydrogen (secondary N) is 2. The van der Waals surface area contributed by atoms with Crippen LogP contribution >= 0.6 is 0 Å². The van der Waals surface area contributed by atoms with Crippen LogP contribution in [-0.2, 0) is 35.6 Å². The average Bonchev–Trinajstić information content (AvgIpc) is 3.41. The minimum atomic E-state index is -3.25. The molecule has 0 amide bonds. The Morgan fingerprint density at radius 2 is 1.87 bits per heavy atom. The Labute approximate surface area is 177 Å². The average molecular weight is 428 g/mol. The summed E-state index contributed by atoms with van der Waals surface area (Å²) in [4.78, 5) is 0.426. The zero-order valence-electron chi connectivity index (χ0n) is 17.4. The summed E-state index contributed by atoms with van der Waals surface area (Å²) in [7, 11) is -1.31. The maximum Gasteiger partial charge on any atom is 0.233 e. The van der Waals surface area contributed by atoms with Crippen molar-refractivity contribution in [1.29, 1.82) is 0 Å². The fourth-order valence-electron chi connectivity index (χ4n) is 5.15. The van der Waals surface area contributed by atoms with E-state index in [0.29, 0.717) is 4.90 Å². The summed E-state index contributed by atoms with van der Waals surface area (Å²) in [6.45, 7) is 2.04. The third-order valence-corrected chi connectivity index (χ3v) is 8.00. The second-order valence-electron chi connectivity index (χ2n) is 8.56. The second kappa shape index (κ2) is 7.23. The summed E-state index contributed by atoms with van der Waals surface area (Å²) < 4.78 is 17.3. The maximum atomic E-state index is 13.2. The Kier molecular flexibility index (Phi) is 4.77. The predicted octanol–water partition coefficient (Wildman–Crippen LogP) is 2.77. The van der Waals surface area contributed by atoms with Gasteiger partial charge in [-0.05, 0) is 91.5 Å². The summed E-state index contributed by atoms with van der Waals surface area (Å²) in [6, 6.07) is 7.87. The van der Waals surface area contributed by atoms with Gasteiger partial charge in [-0.2, -0.15) is 4.36 Å². The molecule has 7 nitrogen and oxygen atoms in total. The fourth-order valence-corrected chi connectivity index (χ4v) is 6.18. The molecule has 0 aromatic heterocycles. The van der Waals surface area contributed by atoms with E-state index in [-0.39, 0.29) is 6.04 Å². The summed E-state index contributed by atoms with van der Waals surface area (Å²) >= 11 is 0. The van der Waals surface area contributed by atoms with E-state index in [4.69, 9.17) is 5.14 Å². The smallest absolute Gasteiger partial charge is 0.233 e. The van der Waals surface area contributed by atoms with Gasteiger partial charge in [0.05, 0.1) is 16.6 Å². The van der Waals surface area contributed by atoms with Gasteiger partial charge in [-0.15, -0.1) is 0 Å². The number of fused-ring (bicyclic) bond motifs is 3. The van der Waals surface area contributed by atoms with Crippen LogP contribution in [0.25, 0.3) is 0 Å². The lowest BCUT2D eigenvalue weighted by atomic mass is 9.99. The molecule has 3 atom stereocenters. The van der Waals surface area contributed by atoms with E-state index in [1.165, 1.54) is 22.3 Å². The van der Waals surface area contributed by atoms with Gasteiger partial charge in [0.2, 0.25) is 6.35 Å². The van der Waals surface area contributed by atoms with Crippen molar-refractivity contribution in [2.75, 3.05) is 17.4 Å². The number of rotatable bonds is 4. The number of aliphatic hydroxyl groups is 1. The molecule has 2 aromatic carbocycles. The molecule has 0 saturated carbocycles. The lowest BCUT2D eigenvalue weighted by molar-refractivity contribution is 0.216. The van der Waals surface area contributed by atoms with Gasteiger partial charge in [-0.3, -0.25) is 0 Å². The second-order valence-corrected chi connectivity index (χ2v) is 10.4. The standard InChI is InChI=1S/C22H29N5O2S/c1-13-19-12-16(9-10-20(19)27(2)25-13)30(23,29)26-22(28)24-21-17-7-3-5-14(17)11-15-6-4-8-18(15)21/h9-13,22,24-25,28H,3-8H2,1-2H3,(H2,23,26,29). The molecule has 8 heteroatoms. The molecule has 0 bridgehead atoms. The Morgan fingerprint density at radius 1 is 1.20 bits per heavy atom. The van der Waals surface area contributed by atoms with Crippen molar-refractivity contribution in [3.8, 4) is 0 Å². The first-order valence-corrected chi connectivity index (χ1v) is 12.2. The third-order valence-electron chi connectivity index (χ3n) is 6.55. The number of nitrogens with zero attached hydrogens (tertiary/aromatic N) is 2. The van der Waals surface area contributed by atoms with Gasteiger partial charge in [-0.25, -0.2) is 14.8 Å². The number of aryl methyl sites for hydroxylation is 2. The topological polar surface area (TPSA) is 103 Å². The SMILES string of the molecule is CC1NN(C)c2ccc(S(N)(=O)=NC(O)Nc3c4c(cc5c3CCC5)CCC4)cc21. The van der Waals surface area contributed by atoms with Crippen LogP contribution in [-0.4, -0.2) is 22.7 Å². The van der Waals surface area contributed by atoms with E-state index < -0.39 is 16.3 Å². The van der Waals surface area contributed by atoms with Crippen LogP contribution in [0.15, 0.2) is 33.5 Å². The predicted molar refractivity (Wildman–Crippen MR) is 120 cm³/mol. The molecular formula is C22H29N5O2S. The monoisotopic (exact) mass is 427 g/mol. The number of aliphatic hydroxyl groups excluding tert-OH is 1. The van der Waals surface area contributed by atoms with Gasteiger partial charge in [0.1, 0.15) is 9.92 Å². The zero-order valence-corrected chi connectivity index (χ0v) is 18.3. The van der Waals surface area contributed by atoms with Gasteiger partial charge in [0, 0.05) is 12.7 Å². The van der Waals surface area contributed by atoms with Crippen molar-refractivity contribution in [2.24, 2.45) is 9.50 Å². The summed E-state index contributed by atoms with van der Waals surface area (Å²) in [6.07, 6.45) is 5.08. The first kappa shape index (κ1) is 19.8. The molecule has 3 aliphatic rings. The van der Waals surface area contributed by atoms with Crippen LogP contribution < -0.4 is 20.9 Å². The van der Waals surface area contributed by atoms with E-state index in [0.717, 1.165) is 55.5 Å². The van der Waals surface area contributed by atoms with Crippen molar-refractivity contribution >= 4 is 21.3 Å². The van der Waals surface area contributed by atoms with Crippen LogP contribution in [0, 0.1) is 0 Å². The van der Waals surface area contributed by atoms with E-state index in [1.807, 2.05) is 31.1 Å². The highest BCUT2D eigenvalue weighted by Gasteiger charge is 2.26. The lowest BCUT2D eigenvalue weighted by Gasteiger charge is -2.19. The highest BCUT2D eigenvalue weighted by atomic mass is 32.2. The van der Waals surface area contributed by atoms with Crippen molar-refractivity contribution in [1.82, 2.24) is 5.43 Å². The van der Waals surface area contributed by atoms with Crippen molar-refractivity contribution in [3.63, 3.8) is 0 Å². The molecule has 1 aliphatic heterocycles. The van der Waals surface area contributed by atoms with Crippen molar-refractivity contribution in [3.05, 3.63) is 52.1 Å². The molecule has 0 saturated heterocycles. The molecule has 30 heavy (non-hydrogen) atoms. The largest absolute Gasteiger partial charge is 0.355 e. The fraction of sp³-hybridized carbons (Fsp3) is 0.455. The Balaban J connectivity index is 1.46. The number of hydrogen-bond donors (Lipinski definition) is 4. The Hall–Kier alpha value is -2.13. The minimum Gasteiger partial charge on any atom is -0.355 e. The number of nitrogens with two attached hydrogens (primary N) is 1. The lowest BCUT2D eigenvalue weighted by Crippen LogP contribution is -2.28. The van der Waals surface area contributed by atoms with Crippen LogP contribution in [0.1, 0.15) is 53.6 Å². The molecule has 0 radical (unpaired) electrons. The van der Waals surface area contributed by atoms with E-state index in [2.05, 4.69) is 21.2 Å².